The lowest BCUT2D eigenvalue weighted by atomic mass is 9.87. The first-order valence-electron chi connectivity index (χ1n) is 14.3. The lowest BCUT2D eigenvalue weighted by Crippen LogP contribution is -2.46. The zero-order chi connectivity index (χ0) is 30.7. The predicted molar refractivity (Wildman–Crippen MR) is 162 cm³/mol. The van der Waals surface area contributed by atoms with E-state index in [-0.39, 0.29) is 40.4 Å². The highest BCUT2D eigenvalue weighted by Crippen LogP contribution is 2.45. The van der Waals surface area contributed by atoms with Crippen LogP contribution in [0.4, 0.5) is 5.82 Å². The number of pyridine rings is 1. The minimum Gasteiger partial charge on any atom is -0.497 e. The van der Waals surface area contributed by atoms with Crippen molar-refractivity contribution in [2.45, 2.75) is 55.5 Å². The molecule has 3 N–H and O–H groups in total. The number of carbonyl (C=O) groups is 1. The number of hydrogen-bond donors (Lipinski definition) is 2. The Kier molecular flexibility index (Phi) is 6.61. The molecule has 0 radical (unpaired) electrons. The summed E-state index contributed by atoms with van der Waals surface area (Å²) in [5.41, 5.74) is 10.6. The molecule has 14 heteroatoms. The number of nitrogens with two attached hydrogens (primary N) is 1. The Hall–Kier alpha value is -4.85. The van der Waals surface area contributed by atoms with Gasteiger partial charge in [-0.1, -0.05) is 6.07 Å². The van der Waals surface area contributed by atoms with Crippen molar-refractivity contribution >= 4 is 27.2 Å². The Morgan fingerprint density at radius 2 is 1.73 bits per heavy atom. The zero-order valence-electron chi connectivity index (χ0n) is 24.4. The Balaban J connectivity index is 1.25. The van der Waals surface area contributed by atoms with Gasteiger partial charge in [-0.2, -0.15) is 9.61 Å². The third-order valence-corrected chi connectivity index (χ3v) is 9.81. The van der Waals surface area contributed by atoms with Crippen molar-refractivity contribution in [2.24, 2.45) is 0 Å². The van der Waals surface area contributed by atoms with Crippen LogP contribution in [-0.2, 0) is 9.84 Å². The van der Waals surface area contributed by atoms with Gasteiger partial charge in [0.05, 0.1) is 24.7 Å². The molecule has 2 fully saturated rings. The average molecular weight is 614 g/mol. The number of sulfone groups is 1. The van der Waals surface area contributed by atoms with Crippen molar-refractivity contribution in [2.75, 3.05) is 19.1 Å². The van der Waals surface area contributed by atoms with Crippen LogP contribution in [-0.4, -0.2) is 79.4 Å². The molecule has 44 heavy (non-hydrogen) atoms. The number of amides is 1. The number of aryl methyl sites for hydroxylation is 1. The summed E-state index contributed by atoms with van der Waals surface area (Å²) in [5, 5.41) is 12.4. The van der Waals surface area contributed by atoms with Gasteiger partial charge in [0.25, 0.3) is 5.91 Å². The van der Waals surface area contributed by atoms with Gasteiger partial charge in [-0.15, -0.1) is 10.2 Å². The summed E-state index contributed by atoms with van der Waals surface area (Å²) in [6.07, 6.45) is 7.26. The van der Waals surface area contributed by atoms with Gasteiger partial charge in [0.1, 0.15) is 22.3 Å². The second kappa shape index (κ2) is 10.4. The van der Waals surface area contributed by atoms with Crippen LogP contribution in [0.2, 0.25) is 0 Å². The molecular formula is C30H31N9O4S. The van der Waals surface area contributed by atoms with Gasteiger partial charge >= 0.3 is 0 Å². The average Bonchev–Trinajstić information content (AvgIpc) is 3.71. The van der Waals surface area contributed by atoms with Crippen molar-refractivity contribution < 1.29 is 17.9 Å². The number of ether oxygens (including phenoxy) is 1. The fraction of sp³-hybridized carbons (Fsp3) is 0.333. The number of anilines is 1. The van der Waals surface area contributed by atoms with Crippen LogP contribution >= 0.6 is 0 Å². The first-order valence-corrected chi connectivity index (χ1v) is 16.2. The first kappa shape index (κ1) is 28.0. The summed E-state index contributed by atoms with van der Waals surface area (Å²) < 4.78 is 32.9. The van der Waals surface area contributed by atoms with E-state index >= 15 is 0 Å². The molecule has 2 atom stereocenters. The smallest absolute Gasteiger partial charge is 0.292 e. The van der Waals surface area contributed by atoms with Gasteiger partial charge in [-0.3, -0.25) is 9.78 Å². The van der Waals surface area contributed by atoms with E-state index in [4.69, 9.17) is 15.5 Å². The minimum absolute atomic E-state index is 0.0114. The van der Waals surface area contributed by atoms with E-state index in [0.717, 1.165) is 41.7 Å². The van der Waals surface area contributed by atoms with E-state index in [1.807, 2.05) is 41.3 Å². The quantitative estimate of drug-likeness (QED) is 0.289. The number of nitrogens with one attached hydrogen (secondary N) is 1. The zero-order valence-corrected chi connectivity index (χ0v) is 25.2. The fourth-order valence-electron chi connectivity index (χ4n) is 6.66. The number of rotatable bonds is 6. The van der Waals surface area contributed by atoms with Gasteiger partial charge < -0.3 is 20.4 Å². The lowest BCUT2D eigenvalue weighted by Gasteiger charge is -2.38. The van der Waals surface area contributed by atoms with E-state index < -0.39 is 9.84 Å². The number of aromatic nitrogens is 7. The van der Waals surface area contributed by atoms with E-state index in [1.54, 1.807) is 26.4 Å². The van der Waals surface area contributed by atoms with E-state index in [2.05, 4.69) is 25.3 Å². The molecule has 6 heterocycles. The molecule has 0 aliphatic carbocycles. The molecule has 0 spiro atoms. The van der Waals surface area contributed by atoms with E-state index in [0.29, 0.717) is 35.6 Å². The number of methoxy groups -OCH3 is 1. The molecule has 226 valence electrons. The predicted octanol–water partition coefficient (Wildman–Crippen LogP) is 3.43. The number of nitrogens with zero attached hydrogens (tertiary/aromatic N) is 7. The highest BCUT2D eigenvalue weighted by atomic mass is 32.2. The highest BCUT2D eigenvalue weighted by Gasteiger charge is 2.46. The van der Waals surface area contributed by atoms with Crippen LogP contribution in [0.25, 0.3) is 28.0 Å². The number of carbonyl (C=O) groups excluding carboxylic acids is 1. The number of hydrogen-bond acceptors (Lipinski definition) is 10. The van der Waals surface area contributed by atoms with Crippen molar-refractivity contribution in [1.29, 1.82) is 0 Å². The molecule has 13 nitrogen and oxygen atoms in total. The van der Waals surface area contributed by atoms with Crippen LogP contribution in [0.5, 0.6) is 5.75 Å². The van der Waals surface area contributed by atoms with E-state index in [1.165, 1.54) is 4.52 Å². The molecule has 2 aliphatic rings. The highest BCUT2D eigenvalue weighted by molar-refractivity contribution is 7.91. The summed E-state index contributed by atoms with van der Waals surface area (Å²) in [4.78, 5) is 27.7. The van der Waals surface area contributed by atoms with Crippen molar-refractivity contribution in [3.63, 3.8) is 0 Å². The standard InChI is InChI=1S/C30H31N9O4S/c1-16-34-28(37-36-16)30(40)38-20-7-8-21(38)13-19(12-20)25-26(44(3,41)42)27(31)39-29(35-25)23(15-33-39)18-6-11-24(32-14-18)17-4-9-22(43-2)10-5-17/h4-6,9-11,14-15,19-21H,7-8,12-13,31H2,1-3H3,(H,34,36,37). The number of nitrogen functional groups attached to an aromatic ring is 1. The van der Waals surface area contributed by atoms with Gasteiger partial charge in [-0.05, 0) is 62.9 Å². The summed E-state index contributed by atoms with van der Waals surface area (Å²) >= 11 is 0. The largest absolute Gasteiger partial charge is 0.497 e. The number of fused-ring (bicyclic) bond motifs is 3. The fourth-order valence-corrected chi connectivity index (χ4v) is 7.72. The molecule has 2 aliphatic heterocycles. The van der Waals surface area contributed by atoms with Crippen LogP contribution in [0.15, 0.2) is 53.7 Å². The Labute approximate surface area is 253 Å². The van der Waals surface area contributed by atoms with Crippen LogP contribution in [0, 0.1) is 6.92 Å². The summed E-state index contributed by atoms with van der Waals surface area (Å²) in [5.74, 6) is 1.16. The molecule has 2 saturated heterocycles. The maximum atomic E-state index is 13.3. The molecule has 2 bridgehead atoms. The van der Waals surface area contributed by atoms with Crippen LogP contribution in [0.3, 0.4) is 0 Å². The van der Waals surface area contributed by atoms with Crippen molar-refractivity contribution in [3.8, 4) is 28.1 Å². The summed E-state index contributed by atoms with van der Waals surface area (Å²) in [6.45, 7) is 1.75. The number of piperidine rings is 1. The monoisotopic (exact) mass is 613 g/mol. The Morgan fingerprint density at radius 3 is 2.32 bits per heavy atom. The van der Waals surface area contributed by atoms with Crippen LogP contribution < -0.4 is 10.5 Å². The molecule has 1 aromatic carbocycles. The van der Waals surface area contributed by atoms with E-state index in [9.17, 15) is 13.2 Å². The molecule has 5 aromatic rings. The first-order chi connectivity index (χ1) is 21.1. The Morgan fingerprint density at radius 1 is 1.02 bits per heavy atom. The van der Waals surface area contributed by atoms with Crippen molar-refractivity contribution in [3.05, 3.63) is 66.1 Å². The molecule has 7 rings (SSSR count). The molecule has 0 saturated carbocycles. The topological polar surface area (TPSA) is 174 Å². The maximum absolute atomic E-state index is 13.3. The lowest BCUT2D eigenvalue weighted by molar-refractivity contribution is 0.0556. The van der Waals surface area contributed by atoms with Crippen LogP contribution in [0.1, 0.15) is 53.7 Å². The SMILES string of the molecule is COc1ccc(-c2ccc(-c3cnn4c(N)c(S(C)(=O)=O)c(C5CC6CCC(C5)N6C(=O)c5nnc(C)[nH]5)nc34)cn2)cc1. The third-order valence-electron chi connectivity index (χ3n) is 8.65. The number of H-pyrrole nitrogens is 1. The maximum Gasteiger partial charge on any atom is 0.292 e. The molecule has 2 unspecified atom stereocenters. The van der Waals surface area contributed by atoms with Gasteiger partial charge in [0, 0.05) is 47.1 Å². The van der Waals surface area contributed by atoms with Gasteiger partial charge in [0.15, 0.2) is 15.5 Å². The number of benzene rings is 1. The van der Waals surface area contributed by atoms with Crippen molar-refractivity contribution in [1.82, 2.24) is 39.7 Å². The molecule has 1 amide bonds. The second-order valence-electron chi connectivity index (χ2n) is 11.5. The third kappa shape index (κ3) is 4.65. The summed E-state index contributed by atoms with van der Waals surface area (Å²) in [6, 6.07) is 11.3. The second-order valence-corrected chi connectivity index (χ2v) is 13.4. The molecule has 4 aromatic heterocycles. The normalized spacial score (nSPS) is 19.9. The Bertz CT molecular complexity index is 1990. The minimum atomic E-state index is -3.76. The summed E-state index contributed by atoms with van der Waals surface area (Å²) in [7, 11) is -2.14. The molecular weight excluding hydrogens is 582 g/mol. The number of aromatic amines is 1. The van der Waals surface area contributed by atoms with Gasteiger partial charge in [0.2, 0.25) is 5.82 Å². The van der Waals surface area contributed by atoms with Gasteiger partial charge in [-0.25, -0.2) is 13.4 Å².